The van der Waals surface area contributed by atoms with Gasteiger partial charge < -0.3 is 65.3 Å². The quantitative estimate of drug-likeness (QED) is 0.0231. The minimum Gasteiger partial charge on any atom is -0.513 e. The minimum absolute atomic E-state index is 0.0132. The molecule has 0 aromatic heterocycles. The number of rotatable bonds is 25. The highest BCUT2D eigenvalue weighted by atomic mass is 16.5. The number of fused-ring (bicyclic) bond motifs is 20. The highest BCUT2D eigenvalue weighted by molar-refractivity contribution is 5.74. The van der Waals surface area contributed by atoms with Crippen LogP contribution in [0.3, 0.4) is 0 Å². The van der Waals surface area contributed by atoms with Gasteiger partial charge in [0, 0.05) is 70.7 Å². The number of carboxylic acid groups (broad SMARTS) is 2. The molecule has 0 aliphatic heterocycles. The fourth-order valence-electron chi connectivity index (χ4n) is 36.2. The molecule has 0 saturated heterocycles. The summed E-state index contributed by atoms with van der Waals surface area (Å²) in [7, 11) is 3.34. The first-order valence-electron chi connectivity index (χ1n) is 57.0. The van der Waals surface area contributed by atoms with Gasteiger partial charge in [-0.15, -0.1) is 0 Å². The molecule has 0 aromatic carbocycles. The van der Waals surface area contributed by atoms with Crippen molar-refractivity contribution in [2.45, 2.75) is 429 Å². The summed E-state index contributed by atoms with van der Waals surface area (Å²) in [5, 5.41) is 111. The van der Waals surface area contributed by atoms with Crippen LogP contribution in [0.2, 0.25) is 0 Å². The molecular formula is C129H200O17. The largest absolute Gasteiger partial charge is 0.513 e. The molecule has 0 spiro atoms. The van der Waals surface area contributed by atoms with Gasteiger partial charge in [-0.2, -0.15) is 0 Å². The third-order valence-electron chi connectivity index (χ3n) is 47.1. The third kappa shape index (κ3) is 18.7. The maximum atomic E-state index is 13.2. The minimum atomic E-state index is -1.11. The Balaban J connectivity index is 0.000000163. The number of carboxylic acids is 2. The van der Waals surface area contributed by atoms with Gasteiger partial charge in [-0.25, -0.2) is 0 Å². The summed E-state index contributed by atoms with van der Waals surface area (Å²) < 4.78 is 17.1. The zero-order valence-corrected chi connectivity index (χ0v) is 96.5. The molecule has 146 heavy (non-hydrogen) atoms. The number of methoxy groups -OCH3 is 2. The van der Waals surface area contributed by atoms with E-state index in [9.17, 15) is 70.2 Å². The van der Waals surface area contributed by atoms with Crippen LogP contribution >= 0.6 is 0 Å². The monoisotopic (exact) mass is 2020 g/mol. The highest BCUT2D eigenvalue weighted by Gasteiger charge is 2.74. The number of aliphatic carboxylic acids is 2. The number of carbonyl (C=O) groups excluding carboxylic acids is 2. The van der Waals surface area contributed by atoms with Gasteiger partial charge in [-0.05, 0) is 325 Å². The van der Waals surface area contributed by atoms with E-state index in [4.69, 9.17) is 14.2 Å². The fourth-order valence-corrected chi connectivity index (χ4v) is 36.2. The van der Waals surface area contributed by atoms with E-state index in [0.29, 0.717) is 93.0 Å². The summed E-state index contributed by atoms with van der Waals surface area (Å²) in [6, 6.07) is 0. The molecule has 0 bridgehead atoms. The van der Waals surface area contributed by atoms with Crippen molar-refractivity contribution in [3.8, 4) is 0 Å². The molecule has 0 amide bonds. The average molecular weight is 2020 g/mol. The normalized spacial score (nSPS) is 41.7. The highest BCUT2D eigenvalue weighted by Crippen LogP contribution is 2.78. The average Bonchev–Trinajstić information content (AvgIpc) is 1.52. The van der Waals surface area contributed by atoms with Crippen molar-refractivity contribution in [3.63, 3.8) is 0 Å². The number of hydrogen-bond acceptors (Lipinski definition) is 15. The summed E-state index contributed by atoms with van der Waals surface area (Å²) in [5.74, 6) is -1.73. The number of allylic oxidation sites excluding steroid dienone is 20. The zero-order chi connectivity index (χ0) is 109. The summed E-state index contributed by atoms with van der Waals surface area (Å²) in [5.41, 5.74) is 12.2. The predicted octanol–water partition coefficient (Wildman–Crippen LogP) is 27.4. The molecule has 16 aliphatic rings. The second-order valence-corrected chi connectivity index (χ2v) is 57.0. The lowest BCUT2D eigenvalue weighted by atomic mass is 9.44. The molecule has 10 N–H and O–H groups in total. The van der Waals surface area contributed by atoms with Crippen molar-refractivity contribution >= 4 is 23.9 Å². The Morgan fingerprint density at radius 2 is 0.767 bits per heavy atom. The van der Waals surface area contributed by atoms with Gasteiger partial charge in [0.15, 0.2) is 0 Å². The number of carbonyl (C=O) groups is 4. The third-order valence-corrected chi connectivity index (χ3v) is 47.1. The van der Waals surface area contributed by atoms with E-state index in [-0.39, 0.29) is 153 Å². The van der Waals surface area contributed by atoms with Crippen LogP contribution in [0.5, 0.6) is 0 Å². The van der Waals surface area contributed by atoms with Gasteiger partial charge in [-0.1, -0.05) is 298 Å². The predicted molar refractivity (Wildman–Crippen MR) is 587 cm³/mol. The molecule has 16 aliphatic carbocycles. The lowest BCUT2D eigenvalue weighted by Crippen LogP contribution is -2.55. The molecule has 16 rings (SSSR count). The molecule has 0 heterocycles. The van der Waals surface area contributed by atoms with Crippen molar-refractivity contribution < 1.29 is 84.5 Å². The topological polar surface area (TPSA) is 298 Å². The fraction of sp³-hybridized carbons (Fsp3) is 0.767. The molecular weight excluding hydrogens is 1820 g/mol. The van der Waals surface area contributed by atoms with Crippen LogP contribution < -0.4 is 0 Å². The molecule has 0 aromatic rings. The van der Waals surface area contributed by atoms with Crippen molar-refractivity contribution in [3.05, 3.63) is 154 Å². The van der Waals surface area contributed by atoms with Gasteiger partial charge in [0.25, 0.3) is 0 Å². The lowest BCUT2D eigenvalue weighted by molar-refractivity contribution is -0.165. The molecule has 33 atom stereocenters. The van der Waals surface area contributed by atoms with Crippen molar-refractivity contribution in [2.75, 3.05) is 14.2 Å². The Labute approximate surface area is 881 Å². The van der Waals surface area contributed by atoms with Gasteiger partial charge in [0.05, 0.1) is 79.5 Å². The first-order valence-corrected chi connectivity index (χ1v) is 57.0. The Kier molecular flexibility index (Phi) is 32.9. The Morgan fingerprint density at radius 3 is 1.19 bits per heavy atom. The van der Waals surface area contributed by atoms with Gasteiger partial charge in [-0.3, -0.25) is 19.2 Å². The van der Waals surface area contributed by atoms with Crippen LogP contribution in [0, 0.1) is 181 Å². The van der Waals surface area contributed by atoms with Crippen molar-refractivity contribution in [2.24, 2.45) is 181 Å². The second-order valence-electron chi connectivity index (χ2n) is 57.0. The van der Waals surface area contributed by atoms with Gasteiger partial charge in [0.2, 0.25) is 0 Å². The maximum Gasteiger partial charge on any atom is 0.309 e. The van der Waals surface area contributed by atoms with Gasteiger partial charge >= 0.3 is 23.9 Å². The molecule has 4 unspecified atom stereocenters. The number of ether oxygens (including phenoxy) is 3. The van der Waals surface area contributed by atoms with E-state index in [2.05, 4.69) is 275 Å². The molecule has 17 heteroatoms. The first-order chi connectivity index (χ1) is 67.3. The van der Waals surface area contributed by atoms with Gasteiger partial charge in [0.1, 0.15) is 6.10 Å². The number of aliphatic hydroxyl groups excluding tert-OH is 8. The summed E-state index contributed by atoms with van der Waals surface area (Å²) in [6.45, 7) is 84.8. The van der Waals surface area contributed by atoms with E-state index in [1.54, 1.807) is 0 Å². The van der Waals surface area contributed by atoms with Crippen LogP contribution in [0.25, 0.3) is 0 Å². The van der Waals surface area contributed by atoms with E-state index >= 15 is 0 Å². The van der Waals surface area contributed by atoms with E-state index in [0.717, 1.165) is 144 Å². The number of esters is 2. The van der Waals surface area contributed by atoms with E-state index in [1.165, 1.54) is 58.6 Å². The SMILES string of the molecule is C=C(CCC(C(=C)O)[C@H]1[C@H](O)C[C@@]2(C)C3=CC[C@H]4C(C)(C)[C@@H](OC)CC[C@]4(C)C3=CC[C@]12C)C(C)C.C=C(CCC(C(=O)O)[C@H]1[C@H](O)[C@H](O)[C@@]2(C)C3=CC[C@H]4C(C)(C)[C@@H](O)CC[C@]4(C)C3=CC[C@]12C)C(C)C.C=C(CC[C@@H](C(=O)O)[C@H]1[C@H](O)C[C@@]2(C)C3=CCC4C(C)(C)[C@@H](OC(C)=O)CC[C@]4(C)C3=CC[C@]12C)C(C)C.C=C(CC[C@@H](C(=O)OC)[C@H]1[C@H](O)C[C@@]2(C)C3=CC[C@@H]4C(CC[C@@H](O)C4(C)C)C3=CC[C@]12C)C(C)(C)C. The Morgan fingerprint density at radius 1 is 0.404 bits per heavy atom. The maximum absolute atomic E-state index is 13.2. The summed E-state index contributed by atoms with van der Waals surface area (Å²) in [6.07, 6.45) is 36.7. The second kappa shape index (κ2) is 41.0. The summed E-state index contributed by atoms with van der Waals surface area (Å²) >= 11 is 0. The van der Waals surface area contributed by atoms with Crippen LogP contribution in [0.4, 0.5) is 0 Å². The van der Waals surface area contributed by atoms with Crippen LogP contribution in [-0.4, -0.2) is 144 Å². The standard InChI is InChI=1S/C33H50O5.C33H52O3.C32H50O4.C31H48O5/c1-19(2)20(3)10-11-22(29(36)37)28-25(35)18-33(9)24-12-13-26-30(5,6)27(38-21(4)34)15-16-31(26,7)23(24)14-17-32(28,33)8;1-20(2)21(3)11-12-23(22(4)34)29-26(35)19-33(9)25-13-14-27-30(5,6)28(36-10)16-17-31(27,7)24(25)15-18-32(29,33)8;1-19(29(2,3)4)10-11-22(28(35)36-9)27-25(33)18-32(8)24-14-13-23-20(12-15-26(34)30(23,5)6)21(24)16-17-31(27,32)7;1-17(2)18(3)9-10-19(27(35)36)24-25(33)26(34)31(8)21-11-12-22-28(4,5)23(32)14-15-29(22,6)20(21)13-16-30(24,31)7/h12,14,19,22,25-28,35H,3,10-11,13,15-18H2,1-2,4-9H3,(H,36,37);13,15,20,23,26-29,34-35H,3-4,11-12,14,16-19H2,1-2,5-10H3;14,16,20,22-23,25-27,33-34H,1,10-13,15,17-18H2,2-9H3;11,13,17,19,22-26,32-34H,3,9-10,12,14-16H2,1-2,4-8H3,(H,35,36)/t22-,25-,26?,27+,28+,31-,32-,33+;23?,26-,27+,28+,29+,31-,32-,33+;20?,22-,23-,25-,26-,27+,31-,32+;19?,22-,23-,24-,25-,26-,29+,30+,31+/m1110/s1. The number of hydrogen-bond donors (Lipinski definition) is 10. The zero-order valence-electron chi connectivity index (χ0n) is 96.5. The van der Waals surface area contributed by atoms with Crippen LogP contribution in [0.15, 0.2) is 154 Å². The molecule has 8 fully saturated rings. The van der Waals surface area contributed by atoms with Crippen molar-refractivity contribution in [1.82, 2.24) is 0 Å². The first kappa shape index (κ1) is 117. The van der Waals surface area contributed by atoms with E-state index in [1.807, 2.05) is 7.11 Å². The smallest absolute Gasteiger partial charge is 0.309 e. The molecule has 818 valence electrons. The van der Waals surface area contributed by atoms with Crippen molar-refractivity contribution in [1.29, 1.82) is 0 Å². The van der Waals surface area contributed by atoms with E-state index < -0.39 is 71.0 Å². The lowest BCUT2D eigenvalue weighted by Gasteiger charge is -2.61. The Hall–Kier alpha value is -6.02. The Bertz CT molecular complexity index is 5270. The van der Waals surface area contributed by atoms with Crippen LogP contribution in [0.1, 0.15) is 374 Å². The summed E-state index contributed by atoms with van der Waals surface area (Å²) in [4.78, 5) is 50.2. The molecule has 8 saturated carbocycles. The number of aliphatic hydroxyl groups is 8. The molecule has 0 radical (unpaired) electrons. The molecule has 17 nitrogen and oxygen atoms in total. The van der Waals surface area contributed by atoms with Crippen LogP contribution in [-0.2, 0) is 33.4 Å².